The van der Waals surface area contributed by atoms with Gasteiger partial charge in [0.25, 0.3) is 5.91 Å². The smallest absolute Gasteiger partial charge is 0.292 e. The van der Waals surface area contributed by atoms with E-state index < -0.39 is 11.3 Å². The Balaban J connectivity index is 1.76. The van der Waals surface area contributed by atoms with Crippen LogP contribution in [0.25, 0.3) is 0 Å². The van der Waals surface area contributed by atoms with Gasteiger partial charge in [0.1, 0.15) is 5.75 Å². The molecule has 0 aliphatic carbocycles. The number of hydrogen-bond donors (Lipinski definition) is 1. The van der Waals surface area contributed by atoms with Gasteiger partial charge >= 0.3 is 0 Å². The van der Waals surface area contributed by atoms with Crippen LogP contribution < -0.4 is 10.5 Å². The summed E-state index contributed by atoms with van der Waals surface area (Å²) >= 11 is 6.00. The number of aromatic nitrogens is 1. The summed E-state index contributed by atoms with van der Waals surface area (Å²) in [6.07, 6.45) is 1.60. The fourth-order valence-electron chi connectivity index (χ4n) is 3.48. The lowest BCUT2D eigenvalue weighted by Crippen LogP contribution is -2.50. The Morgan fingerprint density at radius 2 is 2.22 bits per heavy atom. The molecule has 27 heavy (non-hydrogen) atoms. The number of amides is 2. The molecule has 1 fully saturated rings. The topological polar surface area (TPSA) is 98.7 Å². The fourth-order valence-corrected chi connectivity index (χ4v) is 3.66. The first-order chi connectivity index (χ1) is 12.9. The lowest BCUT2D eigenvalue weighted by Gasteiger charge is -2.41. The summed E-state index contributed by atoms with van der Waals surface area (Å²) in [4.78, 5) is 26.1. The van der Waals surface area contributed by atoms with E-state index in [0.29, 0.717) is 29.6 Å². The number of piperidine rings is 1. The highest BCUT2D eigenvalue weighted by Gasteiger charge is 2.40. The second-order valence-electron chi connectivity index (χ2n) is 7.05. The van der Waals surface area contributed by atoms with E-state index >= 15 is 0 Å². The van der Waals surface area contributed by atoms with E-state index in [0.717, 1.165) is 12.8 Å². The number of carbonyl (C=O) groups excluding carboxylic acids is 2. The molecule has 3 rings (SSSR count). The summed E-state index contributed by atoms with van der Waals surface area (Å²) in [5.41, 5.74) is 5.57. The molecular weight excluding hydrogens is 370 g/mol. The largest absolute Gasteiger partial charge is 0.493 e. The molecule has 2 N–H and O–H groups in total. The van der Waals surface area contributed by atoms with Gasteiger partial charge in [-0.1, -0.05) is 22.8 Å². The first kappa shape index (κ1) is 19.2. The minimum Gasteiger partial charge on any atom is -0.493 e. The van der Waals surface area contributed by atoms with Crippen LogP contribution in [0.15, 0.2) is 34.9 Å². The zero-order valence-electron chi connectivity index (χ0n) is 15.1. The molecule has 0 bridgehead atoms. The molecule has 1 aromatic heterocycles. The highest BCUT2D eigenvalue weighted by atomic mass is 35.5. The van der Waals surface area contributed by atoms with Crippen LogP contribution in [-0.4, -0.2) is 41.6 Å². The zero-order valence-corrected chi connectivity index (χ0v) is 15.9. The average Bonchev–Trinajstić information content (AvgIpc) is 3.05. The molecule has 1 aromatic carbocycles. The van der Waals surface area contributed by atoms with Crippen molar-refractivity contribution < 1.29 is 18.8 Å². The van der Waals surface area contributed by atoms with Crippen LogP contribution in [0.5, 0.6) is 5.75 Å². The van der Waals surface area contributed by atoms with Gasteiger partial charge in [0.2, 0.25) is 11.7 Å². The molecule has 1 saturated heterocycles. The number of rotatable bonds is 6. The van der Waals surface area contributed by atoms with E-state index in [4.69, 9.17) is 26.6 Å². The second kappa shape index (κ2) is 8.00. The average molecular weight is 392 g/mol. The Kier molecular flexibility index (Phi) is 5.70. The Morgan fingerprint density at radius 1 is 1.41 bits per heavy atom. The van der Waals surface area contributed by atoms with E-state index in [9.17, 15) is 9.59 Å². The molecule has 0 spiro atoms. The van der Waals surface area contributed by atoms with Crippen LogP contribution in [0.2, 0.25) is 5.02 Å². The van der Waals surface area contributed by atoms with E-state index in [1.54, 1.807) is 42.2 Å². The lowest BCUT2D eigenvalue weighted by molar-refractivity contribution is -0.122. The summed E-state index contributed by atoms with van der Waals surface area (Å²) < 4.78 is 11.0. The van der Waals surface area contributed by atoms with Crippen molar-refractivity contribution in [2.75, 3.05) is 19.7 Å². The maximum Gasteiger partial charge on any atom is 0.292 e. The molecule has 7 nitrogen and oxygen atoms in total. The number of aryl methyl sites for hydroxylation is 1. The molecular formula is C19H22ClN3O4. The number of primary amides is 1. The predicted molar refractivity (Wildman–Crippen MR) is 99.6 cm³/mol. The normalized spacial score (nSPS) is 19.7. The van der Waals surface area contributed by atoms with Crippen LogP contribution in [0, 0.1) is 12.3 Å². The highest BCUT2D eigenvalue weighted by Crippen LogP contribution is 2.35. The molecule has 2 aromatic rings. The van der Waals surface area contributed by atoms with Crippen LogP contribution in [0.3, 0.4) is 0 Å². The number of carbonyl (C=O) groups is 2. The number of halogens is 1. The number of benzene rings is 1. The third kappa shape index (κ3) is 4.80. The van der Waals surface area contributed by atoms with Gasteiger partial charge in [0, 0.05) is 36.0 Å². The molecule has 8 heteroatoms. The Bertz CT molecular complexity index is 838. The summed E-state index contributed by atoms with van der Waals surface area (Å²) in [6.45, 7) is 2.95. The van der Waals surface area contributed by atoms with Gasteiger partial charge in [-0.05, 0) is 38.0 Å². The molecule has 2 amide bonds. The summed E-state index contributed by atoms with van der Waals surface area (Å²) in [5.74, 6) is 0.139. The molecule has 2 heterocycles. The standard InChI is InChI=1S/C19H22ClN3O4/c1-13-8-16(27-22-13)18(25)23-7-3-6-19(11-23,10-17(21)24)12-26-15-5-2-4-14(20)9-15/h2,4-5,8-9H,3,6-7,10-12H2,1H3,(H2,21,24). The number of likely N-dealkylation sites (tertiary alicyclic amines) is 1. The third-order valence-corrected chi connectivity index (χ3v) is 4.91. The van der Waals surface area contributed by atoms with Crippen LogP contribution in [0.1, 0.15) is 35.5 Å². The number of nitrogens with zero attached hydrogens (tertiary/aromatic N) is 2. The number of hydrogen-bond acceptors (Lipinski definition) is 5. The summed E-state index contributed by atoms with van der Waals surface area (Å²) in [5, 5.41) is 4.33. The lowest BCUT2D eigenvalue weighted by atomic mass is 9.77. The van der Waals surface area contributed by atoms with E-state index in [1.165, 1.54) is 0 Å². The van der Waals surface area contributed by atoms with Crippen LogP contribution >= 0.6 is 11.6 Å². The monoisotopic (exact) mass is 391 g/mol. The van der Waals surface area contributed by atoms with Gasteiger partial charge in [-0.2, -0.15) is 0 Å². The maximum absolute atomic E-state index is 12.7. The van der Waals surface area contributed by atoms with E-state index in [-0.39, 0.29) is 24.7 Å². The summed E-state index contributed by atoms with van der Waals surface area (Å²) in [6, 6.07) is 8.67. The summed E-state index contributed by atoms with van der Waals surface area (Å²) in [7, 11) is 0. The minimum absolute atomic E-state index is 0.132. The van der Waals surface area contributed by atoms with Crippen LogP contribution in [-0.2, 0) is 4.79 Å². The fraction of sp³-hybridized carbons (Fsp3) is 0.421. The van der Waals surface area contributed by atoms with E-state index in [2.05, 4.69) is 5.16 Å². The second-order valence-corrected chi connectivity index (χ2v) is 7.49. The van der Waals surface area contributed by atoms with Gasteiger partial charge in [0.15, 0.2) is 0 Å². The first-order valence-electron chi connectivity index (χ1n) is 8.76. The van der Waals surface area contributed by atoms with Gasteiger partial charge in [-0.25, -0.2) is 0 Å². The molecule has 1 atom stereocenters. The molecule has 1 aliphatic rings. The van der Waals surface area contributed by atoms with Crippen molar-refractivity contribution in [3.8, 4) is 5.75 Å². The molecule has 1 aliphatic heterocycles. The third-order valence-electron chi connectivity index (χ3n) is 4.68. The van der Waals surface area contributed by atoms with Crippen molar-refractivity contribution in [3.63, 3.8) is 0 Å². The predicted octanol–water partition coefficient (Wildman–Crippen LogP) is 2.81. The van der Waals surface area contributed by atoms with Crippen molar-refractivity contribution in [2.24, 2.45) is 11.1 Å². The Morgan fingerprint density at radius 3 is 2.89 bits per heavy atom. The Hall–Kier alpha value is -2.54. The molecule has 1 unspecified atom stereocenters. The highest BCUT2D eigenvalue weighted by molar-refractivity contribution is 6.30. The van der Waals surface area contributed by atoms with Crippen LogP contribution in [0.4, 0.5) is 0 Å². The van der Waals surface area contributed by atoms with E-state index in [1.807, 2.05) is 0 Å². The minimum atomic E-state index is -0.558. The van der Waals surface area contributed by atoms with Crippen molar-refractivity contribution in [3.05, 3.63) is 46.8 Å². The number of nitrogens with two attached hydrogens (primary N) is 1. The molecule has 144 valence electrons. The zero-order chi connectivity index (χ0) is 19.4. The van der Waals surface area contributed by atoms with Crippen molar-refractivity contribution >= 4 is 23.4 Å². The SMILES string of the molecule is Cc1cc(C(=O)N2CCCC(COc3cccc(Cl)c3)(CC(N)=O)C2)on1. The van der Waals surface area contributed by atoms with Gasteiger partial charge in [0.05, 0.1) is 12.3 Å². The molecule has 0 radical (unpaired) electrons. The van der Waals surface area contributed by atoms with Gasteiger partial charge in [-0.15, -0.1) is 0 Å². The first-order valence-corrected chi connectivity index (χ1v) is 9.14. The Labute approximate surface area is 162 Å². The number of ether oxygens (including phenoxy) is 1. The molecule has 0 saturated carbocycles. The van der Waals surface area contributed by atoms with Crippen molar-refractivity contribution in [2.45, 2.75) is 26.2 Å². The maximum atomic E-state index is 12.7. The van der Waals surface area contributed by atoms with Crippen molar-refractivity contribution in [1.29, 1.82) is 0 Å². The van der Waals surface area contributed by atoms with Crippen molar-refractivity contribution in [1.82, 2.24) is 10.1 Å². The van der Waals surface area contributed by atoms with Gasteiger partial charge in [-0.3, -0.25) is 9.59 Å². The van der Waals surface area contributed by atoms with Gasteiger partial charge < -0.3 is 19.9 Å². The quantitative estimate of drug-likeness (QED) is 0.816.